The summed E-state index contributed by atoms with van der Waals surface area (Å²) in [5.74, 6) is -0.175. The number of rotatable bonds is 7. The Morgan fingerprint density at radius 2 is 2.00 bits per heavy atom. The molecular formula is C20H20F3N5O2S. The summed E-state index contributed by atoms with van der Waals surface area (Å²) in [7, 11) is 1.41. The van der Waals surface area contributed by atoms with Crippen LogP contribution in [0.15, 0.2) is 36.0 Å². The lowest BCUT2D eigenvalue weighted by atomic mass is 10.1. The Labute approximate surface area is 180 Å². The Balaban J connectivity index is 1.85. The van der Waals surface area contributed by atoms with Gasteiger partial charge in [-0.05, 0) is 31.5 Å². The van der Waals surface area contributed by atoms with Gasteiger partial charge in [0.1, 0.15) is 17.3 Å². The van der Waals surface area contributed by atoms with E-state index < -0.39 is 17.6 Å². The number of pyridine rings is 2. The van der Waals surface area contributed by atoms with Crippen molar-refractivity contribution in [2.75, 3.05) is 12.4 Å². The SMILES string of the molecule is CNC(=O)Cc1cnc(Nc2nc(-c3cc(OC(C)C)ccn3)cs2)c(C(F)(F)F)c1. The highest BCUT2D eigenvalue weighted by atomic mass is 32.1. The molecule has 3 rings (SSSR count). The second-order valence-electron chi connectivity index (χ2n) is 6.79. The van der Waals surface area contributed by atoms with E-state index in [9.17, 15) is 18.0 Å². The largest absolute Gasteiger partial charge is 0.491 e. The molecule has 0 aliphatic heterocycles. The standard InChI is InChI=1S/C20H20F3N5O2S/c1-11(2)30-13-4-5-25-15(8-13)16-10-31-19(27-16)28-18-14(20(21,22)23)6-12(9-26-18)7-17(29)24-3/h4-6,8-11H,7H2,1-3H3,(H,24,29)(H,26,27,28). The molecule has 0 unspecified atom stereocenters. The predicted octanol–water partition coefficient (Wildman–Crippen LogP) is 4.44. The molecular weight excluding hydrogens is 431 g/mol. The minimum atomic E-state index is -4.65. The number of anilines is 2. The zero-order valence-electron chi connectivity index (χ0n) is 16.9. The van der Waals surface area contributed by atoms with Crippen LogP contribution in [-0.2, 0) is 17.4 Å². The summed E-state index contributed by atoms with van der Waals surface area (Å²) in [4.78, 5) is 23.9. The van der Waals surface area contributed by atoms with Gasteiger partial charge in [-0.1, -0.05) is 0 Å². The number of carbonyl (C=O) groups excluding carboxylic acids is 1. The average molecular weight is 451 g/mol. The molecule has 31 heavy (non-hydrogen) atoms. The third kappa shape index (κ3) is 5.91. The molecule has 3 aromatic heterocycles. The number of hydrogen-bond donors (Lipinski definition) is 2. The number of hydrogen-bond acceptors (Lipinski definition) is 7. The van der Waals surface area contributed by atoms with Gasteiger partial charge in [-0.3, -0.25) is 9.78 Å². The van der Waals surface area contributed by atoms with Gasteiger partial charge in [-0.15, -0.1) is 11.3 Å². The van der Waals surface area contributed by atoms with Crippen molar-refractivity contribution >= 4 is 28.2 Å². The topological polar surface area (TPSA) is 89.0 Å². The summed E-state index contributed by atoms with van der Waals surface area (Å²) in [5.41, 5.74) is 0.207. The van der Waals surface area contributed by atoms with Crippen molar-refractivity contribution in [1.29, 1.82) is 0 Å². The van der Waals surface area contributed by atoms with E-state index in [4.69, 9.17) is 4.74 Å². The van der Waals surface area contributed by atoms with E-state index >= 15 is 0 Å². The van der Waals surface area contributed by atoms with Gasteiger partial charge in [-0.25, -0.2) is 9.97 Å². The number of amides is 1. The molecule has 1 amide bonds. The monoisotopic (exact) mass is 451 g/mol. The maximum Gasteiger partial charge on any atom is 0.419 e. The van der Waals surface area contributed by atoms with Gasteiger partial charge in [0.05, 0.1) is 23.8 Å². The van der Waals surface area contributed by atoms with Gasteiger partial charge in [0.15, 0.2) is 5.13 Å². The molecule has 0 aliphatic carbocycles. The van der Waals surface area contributed by atoms with E-state index in [0.717, 1.165) is 17.4 Å². The van der Waals surface area contributed by atoms with Crippen molar-refractivity contribution in [3.63, 3.8) is 0 Å². The second kappa shape index (κ2) is 9.29. The second-order valence-corrected chi connectivity index (χ2v) is 7.65. The number of nitrogens with one attached hydrogen (secondary N) is 2. The number of nitrogens with zero attached hydrogens (tertiary/aromatic N) is 3. The summed E-state index contributed by atoms with van der Waals surface area (Å²) in [6, 6.07) is 4.34. The molecule has 3 aromatic rings. The molecule has 164 valence electrons. The van der Waals surface area contributed by atoms with E-state index in [1.165, 1.54) is 13.2 Å². The van der Waals surface area contributed by atoms with Crippen LogP contribution in [0.5, 0.6) is 5.75 Å². The number of halogens is 3. The van der Waals surface area contributed by atoms with Gasteiger partial charge in [-0.2, -0.15) is 13.2 Å². The number of likely N-dealkylation sites (N-methyl/N-ethyl adjacent to an activating group) is 1. The van der Waals surface area contributed by atoms with E-state index in [1.807, 2.05) is 13.8 Å². The van der Waals surface area contributed by atoms with Crippen LogP contribution in [0.1, 0.15) is 25.0 Å². The minimum Gasteiger partial charge on any atom is -0.491 e. The molecule has 0 atom stereocenters. The summed E-state index contributed by atoms with van der Waals surface area (Å²) in [6.07, 6.45) is -2.06. The van der Waals surface area contributed by atoms with Crippen LogP contribution < -0.4 is 15.4 Å². The highest BCUT2D eigenvalue weighted by Crippen LogP contribution is 2.36. The zero-order chi connectivity index (χ0) is 22.6. The Morgan fingerprint density at radius 1 is 1.23 bits per heavy atom. The molecule has 3 heterocycles. The molecule has 0 radical (unpaired) electrons. The Bertz CT molecular complexity index is 1070. The van der Waals surface area contributed by atoms with Gasteiger partial charge in [0.2, 0.25) is 5.91 Å². The average Bonchev–Trinajstić information content (AvgIpc) is 3.16. The van der Waals surface area contributed by atoms with Crippen molar-refractivity contribution in [2.45, 2.75) is 32.5 Å². The van der Waals surface area contributed by atoms with E-state index in [0.29, 0.717) is 17.1 Å². The summed E-state index contributed by atoms with van der Waals surface area (Å²) >= 11 is 1.12. The fourth-order valence-electron chi connectivity index (χ4n) is 2.64. The zero-order valence-corrected chi connectivity index (χ0v) is 17.8. The van der Waals surface area contributed by atoms with Crippen molar-refractivity contribution < 1.29 is 22.7 Å². The fraction of sp³-hybridized carbons (Fsp3) is 0.300. The van der Waals surface area contributed by atoms with Crippen LogP contribution in [0.2, 0.25) is 0 Å². The Morgan fingerprint density at radius 3 is 2.68 bits per heavy atom. The van der Waals surface area contributed by atoms with Crippen molar-refractivity contribution in [3.05, 3.63) is 47.1 Å². The molecule has 0 spiro atoms. The van der Waals surface area contributed by atoms with Crippen LogP contribution in [0, 0.1) is 0 Å². The summed E-state index contributed by atoms with van der Waals surface area (Å²) in [5, 5.41) is 6.90. The molecule has 0 aromatic carbocycles. The van der Waals surface area contributed by atoms with Crippen LogP contribution in [0.3, 0.4) is 0 Å². The first kappa shape index (κ1) is 22.5. The van der Waals surface area contributed by atoms with Gasteiger partial charge in [0, 0.05) is 30.9 Å². The highest BCUT2D eigenvalue weighted by molar-refractivity contribution is 7.14. The van der Waals surface area contributed by atoms with E-state index in [2.05, 4.69) is 25.6 Å². The molecule has 0 fully saturated rings. The lowest BCUT2D eigenvalue weighted by Crippen LogP contribution is -2.20. The van der Waals surface area contributed by atoms with Crippen LogP contribution >= 0.6 is 11.3 Å². The Hall–Kier alpha value is -3.21. The number of ether oxygens (including phenoxy) is 1. The minimum absolute atomic E-state index is 0.0128. The third-order valence-electron chi connectivity index (χ3n) is 3.99. The van der Waals surface area contributed by atoms with Gasteiger partial charge >= 0.3 is 6.18 Å². The van der Waals surface area contributed by atoms with Gasteiger partial charge in [0.25, 0.3) is 0 Å². The molecule has 11 heteroatoms. The first-order chi connectivity index (χ1) is 14.7. The normalized spacial score (nSPS) is 11.5. The Kier molecular flexibility index (Phi) is 6.74. The highest BCUT2D eigenvalue weighted by Gasteiger charge is 2.35. The molecule has 2 N–H and O–H groups in total. The van der Waals surface area contributed by atoms with Crippen LogP contribution in [0.25, 0.3) is 11.4 Å². The molecule has 0 aliphatic rings. The van der Waals surface area contributed by atoms with E-state index in [1.54, 1.807) is 23.7 Å². The lowest BCUT2D eigenvalue weighted by Gasteiger charge is -2.13. The quantitative estimate of drug-likeness (QED) is 0.552. The summed E-state index contributed by atoms with van der Waals surface area (Å²) < 4.78 is 46.3. The lowest BCUT2D eigenvalue weighted by molar-refractivity contribution is -0.137. The first-order valence-electron chi connectivity index (χ1n) is 9.28. The van der Waals surface area contributed by atoms with Crippen molar-refractivity contribution in [3.8, 4) is 17.1 Å². The number of carbonyl (C=O) groups is 1. The van der Waals surface area contributed by atoms with E-state index in [-0.39, 0.29) is 29.0 Å². The fourth-order valence-corrected chi connectivity index (χ4v) is 3.34. The number of aromatic nitrogens is 3. The molecule has 0 bridgehead atoms. The third-order valence-corrected chi connectivity index (χ3v) is 4.75. The smallest absolute Gasteiger partial charge is 0.419 e. The van der Waals surface area contributed by atoms with Crippen LogP contribution in [-0.4, -0.2) is 34.0 Å². The van der Waals surface area contributed by atoms with Gasteiger partial charge < -0.3 is 15.4 Å². The van der Waals surface area contributed by atoms with Crippen molar-refractivity contribution in [2.24, 2.45) is 0 Å². The predicted molar refractivity (Wildman–Crippen MR) is 111 cm³/mol. The first-order valence-corrected chi connectivity index (χ1v) is 10.2. The molecule has 0 saturated carbocycles. The maximum absolute atomic E-state index is 13.5. The molecule has 7 nitrogen and oxygen atoms in total. The van der Waals surface area contributed by atoms with Crippen molar-refractivity contribution in [1.82, 2.24) is 20.3 Å². The number of thiazole rings is 1. The summed E-state index contributed by atoms with van der Waals surface area (Å²) in [6.45, 7) is 3.80. The number of alkyl halides is 3. The van der Waals surface area contributed by atoms with Crippen LogP contribution in [0.4, 0.5) is 24.1 Å². The maximum atomic E-state index is 13.5. The molecule has 0 saturated heterocycles.